The molecular weight excluding hydrogens is 516 g/mol. The molecule has 1 amide bonds. The number of hydrogen-bond donors (Lipinski definition) is 6. The van der Waals surface area contributed by atoms with Crippen molar-refractivity contribution in [3.63, 3.8) is 0 Å². The molecule has 8 N–H and O–H groups in total. The molecule has 2 aliphatic rings. The molecule has 0 radical (unpaired) electrons. The van der Waals surface area contributed by atoms with E-state index in [1.165, 1.54) is 0 Å². The zero-order valence-corrected chi connectivity index (χ0v) is 22.6. The van der Waals surface area contributed by atoms with E-state index in [1.807, 2.05) is 13.8 Å². The predicted molar refractivity (Wildman–Crippen MR) is 137 cm³/mol. The summed E-state index contributed by atoms with van der Waals surface area (Å²) >= 11 is 0. The highest BCUT2D eigenvalue weighted by molar-refractivity contribution is 5.91. The Balaban J connectivity index is 0.000000806. The van der Waals surface area contributed by atoms with Gasteiger partial charge in [0.2, 0.25) is 12.0 Å². The Hall–Kier alpha value is -3.10. The number of nitrogens with two attached hydrogens (primary N) is 2. The van der Waals surface area contributed by atoms with Gasteiger partial charge in [-0.1, -0.05) is 26.7 Å². The molecule has 1 saturated heterocycles. The Morgan fingerprint density at radius 1 is 1.00 bits per heavy atom. The van der Waals surface area contributed by atoms with Gasteiger partial charge in [-0.3, -0.25) is 14.4 Å². The van der Waals surface area contributed by atoms with Crippen LogP contribution in [0.1, 0.15) is 71.6 Å². The number of amides is 1. The molecule has 222 valence electrons. The van der Waals surface area contributed by atoms with Gasteiger partial charge in [-0.05, 0) is 51.0 Å². The van der Waals surface area contributed by atoms with Crippen LogP contribution in [0.15, 0.2) is 0 Å². The van der Waals surface area contributed by atoms with E-state index in [9.17, 15) is 33.9 Å². The molecule has 2 rings (SSSR count). The third-order valence-electron chi connectivity index (χ3n) is 6.33. The van der Waals surface area contributed by atoms with Crippen molar-refractivity contribution in [1.29, 1.82) is 0 Å². The highest BCUT2D eigenvalue weighted by atomic mass is 16.6. The van der Waals surface area contributed by atoms with Gasteiger partial charge in [-0.25, -0.2) is 14.4 Å². The number of ether oxygens (including phenoxy) is 2. The van der Waals surface area contributed by atoms with Crippen LogP contribution in [0.5, 0.6) is 0 Å². The van der Waals surface area contributed by atoms with E-state index in [4.69, 9.17) is 26.0 Å². The number of carbonyl (C=O) groups is 6. The fourth-order valence-electron chi connectivity index (χ4n) is 4.12. The molecular formula is C25H42N4O10. The first kappa shape index (κ1) is 33.9. The van der Waals surface area contributed by atoms with E-state index in [0.717, 1.165) is 32.2 Å². The van der Waals surface area contributed by atoms with Crippen molar-refractivity contribution in [2.45, 2.75) is 95.9 Å². The van der Waals surface area contributed by atoms with Crippen molar-refractivity contribution in [3.8, 4) is 0 Å². The quantitative estimate of drug-likeness (QED) is 0.118. The van der Waals surface area contributed by atoms with Crippen molar-refractivity contribution in [3.05, 3.63) is 0 Å². The molecule has 4 atom stereocenters. The van der Waals surface area contributed by atoms with Crippen LogP contribution in [0.2, 0.25) is 0 Å². The number of nitrogens with one attached hydrogen (secondary N) is 2. The van der Waals surface area contributed by atoms with Crippen molar-refractivity contribution in [2.24, 2.45) is 23.3 Å². The molecule has 2 unspecified atom stereocenters. The second kappa shape index (κ2) is 17.5. The molecule has 0 aromatic heterocycles. The highest BCUT2D eigenvalue weighted by Crippen LogP contribution is 2.26. The summed E-state index contributed by atoms with van der Waals surface area (Å²) in [5.74, 6) is -5.51. The first-order valence-electron chi connectivity index (χ1n) is 13.2. The first-order chi connectivity index (χ1) is 18.3. The number of carbonyl (C=O) groups excluding carboxylic acids is 4. The van der Waals surface area contributed by atoms with Crippen LogP contribution >= 0.6 is 0 Å². The molecule has 1 aliphatic carbocycles. The second-order valence-electron chi connectivity index (χ2n) is 10.2. The van der Waals surface area contributed by atoms with E-state index >= 15 is 0 Å². The Morgan fingerprint density at radius 3 is 2.10 bits per heavy atom. The summed E-state index contributed by atoms with van der Waals surface area (Å²) in [6, 6.07) is -2.48. The Morgan fingerprint density at radius 2 is 1.64 bits per heavy atom. The molecule has 0 spiro atoms. The SMILES string of the molecule is CC(C)C[C@H](NC[C@H](OC(=O)C1CCCC1)C(=O)O)C(=O)OC(=O)C(N)CCC(N)=O.O=C(O)C1CCCN1. The lowest BCUT2D eigenvalue weighted by atomic mass is 10.0. The zero-order chi connectivity index (χ0) is 29.5. The van der Waals surface area contributed by atoms with E-state index in [1.54, 1.807) is 0 Å². The number of hydrogen-bond acceptors (Lipinski definition) is 11. The second-order valence-corrected chi connectivity index (χ2v) is 10.2. The lowest BCUT2D eigenvalue weighted by Crippen LogP contribution is -2.47. The zero-order valence-electron chi connectivity index (χ0n) is 22.6. The molecule has 14 heteroatoms. The van der Waals surface area contributed by atoms with Crippen LogP contribution in [0.4, 0.5) is 0 Å². The summed E-state index contributed by atoms with van der Waals surface area (Å²) in [4.78, 5) is 69.0. The smallest absolute Gasteiger partial charge is 0.346 e. The molecule has 1 heterocycles. The van der Waals surface area contributed by atoms with E-state index in [2.05, 4.69) is 10.6 Å². The topological polar surface area (TPSA) is 237 Å². The minimum atomic E-state index is -1.48. The molecule has 0 aromatic carbocycles. The molecule has 1 aliphatic heterocycles. The van der Waals surface area contributed by atoms with Gasteiger partial charge >= 0.3 is 29.8 Å². The van der Waals surface area contributed by atoms with Crippen molar-refractivity contribution in [2.75, 3.05) is 13.1 Å². The first-order valence-corrected chi connectivity index (χ1v) is 13.2. The standard InChI is InChI=1S/C20H33N3O8.C5H9NO2/c1-11(2)9-14(20(29)31-19(28)13(21)7-8-16(22)24)23-10-15(17(25)26)30-18(27)12-5-3-4-6-12;7-5(8)4-2-1-3-6-4/h11-15,23H,3-10,21H2,1-2H3,(H2,22,24)(H,25,26);4,6H,1-3H2,(H,7,8)/t13?,14-,15-;/m0./s1. The fourth-order valence-corrected chi connectivity index (χ4v) is 4.12. The molecule has 14 nitrogen and oxygen atoms in total. The minimum absolute atomic E-state index is 0.00741. The molecule has 1 saturated carbocycles. The molecule has 39 heavy (non-hydrogen) atoms. The number of esters is 3. The van der Waals surface area contributed by atoms with Crippen LogP contribution < -0.4 is 22.1 Å². The highest BCUT2D eigenvalue weighted by Gasteiger charge is 2.32. The Labute approximate surface area is 227 Å². The van der Waals surface area contributed by atoms with Gasteiger partial charge in [-0.2, -0.15) is 0 Å². The van der Waals surface area contributed by atoms with Gasteiger partial charge in [0.1, 0.15) is 18.1 Å². The molecule has 0 bridgehead atoms. The largest absolute Gasteiger partial charge is 0.480 e. The summed E-state index contributed by atoms with van der Waals surface area (Å²) < 4.78 is 9.91. The van der Waals surface area contributed by atoms with Crippen molar-refractivity contribution >= 4 is 35.8 Å². The maximum absolute atomic E-state index is 12.4. The molecule has 2 fully saturated rings. The van der Waals surface area contributed by atoms with Gasteiger partial charge < -0.3 is 41.8 Å². The number of carboxylic acids is 2. The summed E-state index contributed by atoms with van der Waals surface area (Å²) in [7, 11) is 0. The third-order valence-corrected chi connectivity index (χ3v) is 6.33. The van der Waals surface area contributed by atoms with Gasteiger partial charge in [-0.15, -0.1) is 0 Å². The lowest BCUT2D eigenvalue weighted by molar-refractivity contribution is -0.167. The van der Waals surface area contributed by atoms with E-state index in [-0.39, 0.29) is 43.7 Å². The lowest BCUT2D eigenvalue weighted by Gasteiger charge is -2.22. The average Bonchev–Trinajstić information content (AvgIpc) is 3.58. The van der Waals surface area contributed by atoms with Gasteiger partial charge in [0.25, 0.3) is 0 Å². The number of rotatable bonds is 14. The number of aliphatic carboxylic acids is 2. The average molecular weight is 559 g/mol. The number of carboxylic acid groups (broad SMARTS) is 2. The minimum Gasteiger partial charge on any atom is -0.480 e. The monoisotopic (exact) mass is 558 g/mol. The Bertz CT molecular complexity index is 854. The summed E-state index contributed by atoms with van der Waals surface area (Å²) in [5, 5.41) is 23.3. The normalized spacial score (nSPS) is 19.3. The molecule has 0 aromatic rings. The third kappa shape index (κ3) is 13.5. The summed E-state index contributed by atoms with van der Waals surface area (Å²) in [5.41, 5.74) is 10.6. The maximum Gasteiger partial charge on any atom is 0.346 e. The van der Waals surface area contributed by atoms with Gasteiger partial charge in [0.15, 0.2) is 0 Å². The van der Waals surface area contributed by atoms with Crippen LogP contribution in [-0.2, 0) is 38.2 Å². The van der Waals surface area contributed by atoms with E-state index < -0.39 is 53.9 Å². The van der Waals surface area contributed by atoms with E-state index in [0.29, 0.717) is 12.8 Å². The fraction of sp³-hybridized carbons (Fsp3) is 0.760. The van der Waals surface area contributed by atoms with Crippen LogP contribution in [0.25, 0.3) is 0 Å². The van der Waals surface area contributed by atoms with Gasteiger partial charge in [0, 0.05) is 13.0 Å². The van der Waals surface area contributed by atoms with Crippen LogP contribution in [-0.4, -0.2) is 83.3 Å². The van der Waals surface area contributed by atoms with Crippen LogP contribution in [0.3, 0.4) is 0 Å². The number of primary amides is 1. The van der Waals surface area contributed by atoms with Crippen molar-refractivity contribution in [1.82, 2.24) is 10.6 Å². The van der Waals surface area contributed by atoms with Crippen LogP contribution in [0, 0.1) is 11.8 Å². The van der Waals surface area contributed by atoms with Gasteiger partial charge in [0.05, 0.1) is 5.92 Å². The maximum atomic E-state index is 12.4. The Kier molecular flexibility index (Phi) is 15.2. The predicted octanol–water partition coefficient (Wildman–Crippen LogP) is -0.337. The van der Waals surface area contributed by atoms with Crippen molar-refractivity contribution < 1.29 is 48.5 Å². The summed E-state index contributed by atoms with van der Waals surface area (Å²) in [6.45, 7) is 4.19. The summed E-state index contributed by atoms with van der Waals surface area (Å²) in [6.07, 6.45) is 3.47.